The molecule has 0 aliphatic carbocycles. The summed E-state index contributed by atoms with van der Waals surface area (Å²) in [5.74, 6) is -0.104. The summed E-state index contributed by atoms with van der Waals surface area (Å²) in [7, 11) is 2.76. The van der Waals surface area contributed by atoms with E-state index in [0.717, 1.165) is 21.3 Å². The smallest absolute Gasteiger partial charge is 0.416 e. The number of aromatic nitrogens is 4. The van der Waals surface area contributed by atoms with Gasteiger partial charge in [-0.25, -0.2) is 4.79 Å². The van der Waals surface area contributed by atoms with E-state index in [1.54, 1.807) is 0 Å². The number of alkyl halides is 3. The van der Waals surface area contributed by atoms with Gasteiger partial charge in [0.2, 0.25) is 0 Å². The van der Waals surface area contributed by atoms with Crippen LogP contribution in [0.3, 0.4) is 0 Å². The average molecular weight is 380 g/mol. The van der Waals surface area contributed by atoms with Gasteiger partial charge in [0, 0.05) is 20.6 Å². The van der Waals surface area contributed by atoms with Gasteiger partial charge in [-0.3, -0.25) is 18.5 Å². The van der Waals surface area contributed by atoms with Crippen molar-refractivity contribution in [2.75, 3.05) is 0 Å². The van der Waals surface area contributed by atoms with Crippen molar-refractivity contribution in [3.8, 4) is 11.8 Å². The summed E-state index contributed by atoms with van der Waals surface area (Å²) in [4.78, 5) is 28.7. The van der Waals surface area contributed by atoms with Crippen LogP contribution in [0, 0.1) is 0 Å². The van der Waals surface area contributed by atoms with E-state index in [0.29, 0.717) is 0 Å². The Labute approximate surface area is 150 Å². The highest BCUT2D eigenvalue weighted by Gasteiger charge is 2.31. The van der Waals surface area contributed by atoms with Gasteiger partial charge in [-0.1, -0.05) is 12.1 Å². The number of ether oxygens (including phenoxy) is 1. The van der Waals surface area contributed by atoms with Crippen molar-refractivity contribution in [1.82, 2.24) is 18.7 Å². The molecule has 27 heavy (non-hydrogen) atoms. The first-order valence-electron chi connectivity index (χ1n) is 7.77. The molecule has 2 heterocycles. The molecular formula is C17H15F3N4O3. The monoisotopic (exact) mass is 380 g/mol. The maximum Gasteiger partial charge on any atom is 0.416 e. The molecule has 3 aromatic rings. The fourth-order valence-corrected chi connectivity index (χ4v) is 2.64. The Morgan fingerprint density at radius 1 is 1.22 bits per heavy atom. The highest BCUT2D eigenvalue weighted by Crippen LogP contribution is 2.33. The third-order valence-electron chi connectivity index (χ3n) is 4.00. The summed E-state index contributed by atoms with van der Waals surface area (Å²) < 4.78 is 47.6. The number of aryl methyl sites for hydroxylation is 1. The van der Waals surface area contributed by atoms with E-state index in [2.05, 4.69) is 11.6 Å². The van der Waals surface area contributed by atoms with Crippen LogP contribution in [0.15, 0.2) is 46.5 Å². The molecule has 0 saturated carbocycles. The average Bonchev–Trinajstić information content (AvgIpc) is 2.96. The Bertz CT molecular complexity index is 1160. The van der Waals surface area contributed by atoms with E-state index in [9.17, 15) is 22.8 Å². The first-order valence-corrected chi connectivity index (χ1v) is 7.77. The molecule has 0 atom stereocenters. The predicted octanol–water partition coefficient (Wildman–Crippen LogP) is 2.43. The van der Waals surface area contributed by atoms with Gasteiger partial charge in [-0.05, 0) is 18.2 Å². The SMILES string of the molecule is C=CCn1c(Oc2cccc(C(F)(F)F)c2)nc2c1c(=O)n(C)c(=O)n2C. The highest BCUT2D eigenvalue weighted by atomic mass is 19.4. The predicted molar refractivity (Wildman–Crippen MR) is 91.9 cm³/mol. The van der Waals surface area contributed by atoms with Gasteiger partial charge in [-0.2, -0.15) is 18.2 Å². The van der Waals surface area contributed by atoms with Crippen LogP contribution in [0.2, 0.25) is 0 Å². The molecule has 0 aliphatic rings. The van der Waals surface area contributed by atoms with E-state index in [1.165, 1.54) is 36.9 Å². The number of imidazole rings is 1. The van der Waals surface area contributed by atoms with E-state index in [4.69, 9.17) is 4.74 Å². The molecule has 7 nitrogen and oxygen atoms in total. The summed E-state index contributed by atoms with van der Waals surface area (Å²) in [6, 6.07) is 4.16. The lowest BCUT2D eigenvalue weighted by Crippen LogP contribution is -2.37. The summed E-state index contributed by atoms with van der Waals surface area (Å²) >= 11 is 0. The lowest BCUT2D eigenvalue weighted by molar-refractivity contribution is -0.137. The largest absolute Gasteiger partial charge is 0.425 e. The molecule has 10 heteroatoms. The van der Waals surface area contributed by atoms with E-state index >= 15 is 0 Å². The molecule has 2 aromatic heterocycles. The Hall–Kier alpha value is -3.30. The zero-order chi connectivity index (χ0) is 19.9. The maximum atomic E-state index is 12.9. The Morgan fingerprint density at radius 3 is 2.56 bits per heavy atom. The van der Waals surface area contributed by atoms with Gasteiger partial charge in [0.15, 0.2) is 11.2 Å². The second-order valence-electron chi connectivity index (χ2n) is 5.80. The topological polar surface area (TPSA) is 71.1 Å². The first kappa shape index (κ1) is 18.5. The van der Waals surface area contributed by atoms with Crippen LogP contribution >= 0.6 is 0 Å². The molecule has 0 fully saturated rings. The van der Waals surface area contributed by atoms with Crippen LogP contribution in [0.1, 0.15) is 5.56 Å². The summed E-state index contributed by atoms with van der Waals surface area (Å²) in [6.45, 7) is 3.71. The van der Waals surface area contributed by atoms with Crippen molar-refractivity contribution in [2.24, 2.45) is 14.1 Å². The quantitative estimate of drug-likeness (QED) is 0.652. The van der Waals surface area contributed by atoms with Crippen molar-refractivity contribution in [3.05, 3.63) is 63.3 Å². The normalized spacial score (nSPS) is 11.7. The Kier molecular flexibility index (Phi) is 4.42. The lowest BCUT2D eigenvalue weighted by Gasteiger charge is -2.10. The molecular weight excluding hydrogens is 365 g/mol. The number of benzene rings is 1. The maximum absolute atomic E-state index is 12.9. The van der Waals surface area contributed by atoms with Crippen LogP contribution < -0.4 is 16.0 Å². The van der Waals surface area contributed by atoms with Gasteiger partial charge < -0.3 is 4.74 Å². The molecule has 0 saturated heterocycles. The van der Waals surface area contributed by atoms with Gasteiger partial charge in [0.25, 0.3) is 5.56 Å². The van der Waals surface area contributed by atoms with E-state index < -0.39 is 23.0 Å². The fraction of sp³-hybridized carbons (Fsp3) is 0.235. The zero-order valence-corrected chi connectivity index (χ0v) is 14.4. The number of nitrogens with zero attached hydrogens (tertiary/aromatic N) is 4. The third-order valence-corrected chi connectivity index (χ3v) is 4.00. The first-order chi connectivity index (χ1) is 12.6. The lowest BCUT2D eigenvalue weighted by atomic mass is 10.2. The minimum absolute atomic E-state index is 0.0620. The molecule has 142 valence electrons. The van der Waals surface area contributed by atoms with Crippen LogP contribution in [-0.2, 0) is 26.8 Å². The Morgan fingerprint density at radius 2 is 1.93 bits per heavy atom. The van der Waals surface area contributed by atoms with Crippen LogP contribution in [0.4, 0.5) is 13.2 Å². The molecule has 0 bridgehead atoms. The van der Waals surface area contributed by atoms with Crippen molar-refractivity contribution in [1.29, 1.82) is 0 Å². The van der Waals surface area contributed by atoms with Gasteiger partial charge in [-0.15, -0.1) is 6.58 Å². The molecule has 0 unspecified atom stereocenters. The van der Waals surface area contributed by atoms with Crippen LogP contribution in [0.5, 0.6) is 11.8 Å². The van der Waals surface area contributed by atoms with Crippen LogP contribution in [0.25, 0.3) is 11.2 Å². The molecule has 0 radical (unpaired) electrons. The summed E-state index contributed by atoms with van der Waals surface area (Å²) in [5.41, 5.74) is -1.91. The van der Waals surface area contributed by atoms with Crippen molar-refractivity contribution in [2.45, 2.75) is 12.7 Å². The number of halogens is 3. The van der Waals surface area contributed by atoms with Gasteiger partial charge in [0.05, 0.1) is 5.56 Å². The number of hydrogen-bond donors (Lipinski definition) is 0. The summed E-state index contributed by atoms with van der Waals surface area (Å²) in [6.07, 6.45) is -3.05. The van der Waals surface area contributed by atoms with E-state index in [1.807, 2.05) is 0 Å². The van der Waals surface area contributed by atoms with Gasteiger partial charge >= 0.3 is 17.9 Å². The Balaban J connectivity index is 2.21. The van der Waals surface area contributed by atoms with Crippen molar-refractivity contribution in [3.63, 3.8) is 0 Å². The fourth-order valence-electron chi connectivity index (χ4n) is 2.64. The molecule has 0 amide bonds. The van der Waals surface area contributed by atoms with Crippen molar-refractivity contribution < 1.29 is 17.9 Å². The zero-order valence-electron chi connectivity index (χ0n) is 14.4. The van der Waals surface area contributed by atoms with Gasteiger partial charge in [0.1, 0.15) is 5.75 Å². The number of fused-ring (bicyclic) bond motifs is 1. The number of hydrogen-bond acceptors (Lipinski definition) is 4. The number of allylic oxidation sites excluding steroid dienone is 1. The molecule has 0 spiro atoms. The molecule has 0 N–H and O–H groups in total. The number of rotatable bonds is 4. The summed E-state index contributed by atoms with van der Waals surface area (Å²) in [5, 5.41) is 0. The standard InChI is InChI=1S/C17H15F3N4O3/c1-4-8-24-12-13(22(2)16(26)23(3)14(12)25)21-15(24)27-11-7-5-6-10(9-11)17(18,19)20/h4-7,9H,1,8H2,2-3H3. The second kappa shape index (κ2) is 6.45. The highest BCUT2D eigenvalue weighted by molar-refractivity contribution is 5.72. The van der Waals surface area contributed by atoms with Crippen molar-refractivity contribution >= 4 is 11.2 Å². The molecule has 0 aliphatic heterocycles. The molecule has 3 rings (SSSR count). The van der Waals surface area contributed by atoms with E-state index in [-0.39, 0.29) is 29.5 Å². The molecule has 1 aromatic carbocycles. The van der Waals surface area contributed by atoms with Crippen LogP contribution in [-0.4, -0.2) is 18.7 Å². The second-order valence-corrected chi connectivity index (χ2v) is 5.80. The third kappa shape index (κ3) is 3.14. The minimum atomic E-state index is -4.53. The minimum Gasteiger partial charge on any atom is -0.425 e.